The molecule has 0 radical (unpaired) electrons. The Labute approximate surface area is 198 Å². The molecule has 10 nitrogen and oxygen atoms in total. The molecule has 0 unspecified atom stereocenters. The van der Waals surface area contributed by atoms with E-state index in [0.717, 1.165) is 11.4 Å². The Bertz CT molecular complexity index is 1170. The minimum atomic E-state index is -0.326. The molecule has 0 atom stereocenters. The van der Waals surface area contributed by atoms with Crippen LogP contribution in [-0.2, 0) is 6.54 Å². The van der Waals surface area contributed by atoms with Crippen LogP contribution >= 0.6 is 0 Å². The van der Waals surface area contributed by atoms with Crippen LogP contribution in [0.25, 0.3) is 5.82 Å². The topological polar surface area (TPSA) is 110 Å². The summed E-state index contributed by atoms with van der Waals surface area (Å²) < 4.78 is 20.0. The van der Waals surface area contributed by atoms with Crippen LogP contribution in [0.3, 0.4) is 0 Å². The van der Waals surface area contributed by atoms with Crippen molar-refractivity contribution in [3.05, 3.63) is 57.6 Å². The van der Waals surface area contributed by atoms with E-state index in [1.165, 1.54) is 10.7 Å². The number of aryl methyl sites for hydroxylation is 2. The number of hydrogen-bond acceptors (Lipinski definition) is 7. The van der Waals surface area contributed by atoms with Gasteiger partial charge in [-0.05, 0) is 58.9 Å². The summed E-state index contributed by atoms with van der Waals surface area (Å²) >= 11 is 0. The first-order valence-electron chi connectivity index (χ1n) is 11.3. The van der Waals surface area contributed by atoms with Crippen molar-refractivity contribution in [3.63, 3.8) is 0 Å². The third-order valence-corrected chi connectivity index (χ3v) is 4.86. The molecule has 0 fully saturated rings. The molecule has 3 aromatic rings. The van der Waals surface area contributed by atoms with Gasteiger partial charge in [0.1, 0.15) is 0 Å². The predicted octanol–water partition coefficient (Wildman–Crippen LogP) is 2.67. The average Bonchev–Trinajstić information content (AvgIpc) is 3.15. The second kappa shape index (κ2) is 11.4. The zero-order valence-corrected chi connectivity index (χ0v) is 20.3. The molecular weight excluding hydrogens is 438 g/mol. The number of nitrogens with one attached hydrogen (secondary N) is 1. The fourth-order valence-electron chi connectivity index (χ4n) is 3.47. The number of carbonyl (C=O) groups excluding carboxylic acids is 1. The molecule has 0 aliphatic heterocycles. The summed E-state index contributed by atoms with van der Waals surface area (Å²) in [5.41, 5.74) is 1.87. The second-order valence-corrected chi connectivity index (χ2v) is 7.45. The SMILES string of the molecule is CCOc1cc(C(=O)NCCn2nc(-n3nc(C)cc3C)ccc2=O)cc(OCC)c1OCC. The first-order valence-corrected chi connectivity index (χ1v) is 11.3. The molecule has 0 aliphatic carbocycles. The van der Waals surface area contributed by atoms with E-state index in [9.17, 15) is 9.59 Å². The number of aromatic nitrogens is 4. The highest BCUT2D eigenvalue weighted by Gasteiger charge is 2.18. The number of rotatable bonds is 11. The number of carbonyl (C=O) groups is 1. The van der Waals surface area contributed by atoms with Crippen molar-refractivity contribution in [1.29, 1.82) is 0 Å². The molecule has 3 rings (SSSR count). The Kier molecular flexibility index (Phi) is 8.29. The lowest BCUT2D eigenvalue weighted by Gasteiger charge is -2.17. The molecule has 1 amide bonds. The highest BCUT2D eigenvalue weighted by Crippen LogP contribution is 2.39. The standard InChI is InChI=1S/C24H31N5O5/c1-6-32-19-14-18(15-20(33-7-2)23(19)34-8-3)24(31)25-11-12-28-22(30)10-9-21(27-28)29-17(5)13-16(4)26-29/h9-10,13-15H,6-8,11-12H2,1-5H3,(H,25,31). The van der Waals surface area contributed by atoms with E-state index in [1.54, 1.807) is 22.9 Å². The van der Waals surface area contributed by atoms with E-state index < -0.39 is 0 Å². The Balaban J connectivity index is 1.75. The van der Waals surface area contributed by atoms with Crippen LogP contribution in [0.15, 0.2) is 35.1 Å². The molecule has 0 saturated carbocycles. The first kappa shape index (κ1) is 24.8. The molecule has 2 heterocycles. The molecule has 0 spiro atoms. The van der Waals surface area contributed by atoms with Crippen molar-refractivity contribution in [1.82, 2.24) is 24.9 Å². The van der Waals surface area contributed by atoms with Gasteiger partial charge in [-0.3, -0.25) is 9.59 Å². The smallest absolute Gasteiger partial charge is 0.266 e. The molecular formula is C24H31N5O5. The van der Waals surface area contributed by atoms with Crippen LogP contribution in [0, 0.1) is 13.8 Å². The number of ether oxygens (including phenoxy) is 3. The van der Waals surface area contributed by atoms with Crippen LogP contribution in [0.2, 0.25) is 0 Å². The summed E-state index contributed by atoms with van der Waals surface area (Å²) in [6.45, 7) is 11.1. The van der Waals surface area contributed by atoms with E-state index in [-0.39, 0.29) is 24.6 Å². The lowest BCUT2D eigenvalue weighted by molar-refractivity contribution is 0.0950. The zero-order chi connectivity index (χ0) is 24.7. The van der Waals surface area contributed by atoms with Gasteiger partial charge < -0.3 is 19.5 Å². The maximum atomic E-state index is 12.9. The van der Waals surface area contributed by atoms with E-state index >= 15 is 0 Å². The normalized spacial score (nSPS) is 10.7. The van der Waals surface area contributed by atoms with Crippen molar-refractivity contribution >= 4 is 5.91 Å². The Morgan fingerprint density at radius 1 is 0.941 bits per heavy atom. The Hall–Kier alpha value is -3.82. The summed E-state index contributed by atoms with van der Waals surface area (Å²) in [6, 6.07) is 8.25. The largest absolute Gasteiger partial charge is 0.490 e. The molecule has 182 valence electrons. The minimum absolute atomic E-state index is 0.200. The maximum absolute atomic E-state index is 12.9. The van der Waals surface area contributed by atoms with Crippen LogP contribution < -0.4 is 25.1 Å². The minimum Gasteiger partial charge on any atom is -0.490 e. The van der Waals surface area contributed by atoms with Crippen molar-refractivity contribution < 1.29 is 19.0 Å². The van der Waals surface area contributed by atoms with Gasteiger partial charge in [0, 0.05) is 23.9 Å². The number of amides is 1. The molecule has 1 N–H and O–H groups in total. The van der Waals surface area contributed by atoms with Crippen molar-refractivity contribution in [3.8, 4) is 23.1 Å². The van der Waals surface area contributed by atoms with Gasteiger partial charge in [0.05, 0.1) is 32.1 Å². The van der Waals surface area contributed by atoms with Gasteiger partial charge in [-0.1, -0.05) is 0 Å². The summed E-state index contributed by atoms with van der Waals surface area (Å²) in [7, 11) is 0. The van der Waals surface area contributed by atoms with Crippen LogP contribution in [0.1, 0.15) is 42.5 Å². The third kappa shape index (κ3) is 5.75. The predicted molar refractivity (Wildman–Crippen MR) is 127 cm³/mol. The monoisotopic (exact) mass is 469 g/mol. The van der Waals surface area contributed by atoms with Crippen molar-refractivity contribution in [2.24, 2.45) is 0 Å². The van der Waals surface area contributed by atoms with Gasteiger partial charge in [-0.15, -0.1) is 5.10 Å². The molecule has 0 saturated heterocycles. The van der Waals surface area contributed by atoms with E-state index in [2.05, 4.69) is 15.5 Å². The quantitative estimate of drug-likeness (QED) is 0.460. The average molecular weight is 470 g/mol. The van der Waals surface area contributed by atoms with Gasteiger partial charge >= 0.3 is 0 Å². The van der Waals surface area contributed by atoms with E-state index in [0.29, 0.717) is 48.5 Å². The highest BCUT2D eigenvalue weighted by molar-refractivity contribution is 5.95. The van der Waals surface area contributed by atoms with E-state index in [1.807, 2.05) is 40.7 Å². The fraction of sp³-hybridized carbons (Fsp3) is 0.417. The summed E-state index contributed by atoms with van der Waals surface area (Å²) in [5, 5.41) is 11.6. The lowest BCUT2D eigenvalue weighted by atomic mass is 10.1. The molecule has 10 heteroatoms. The Morgan fingerprint density at radius 3 is 2.15 bits per heavy atom. The van der Waals surface area contributed by atoms with Crippen LogP contribution in [0.5, 0.6) is 17.2 Å². The summed E-state index contributed by atoms with van der Waals surface area (Å²) in [4.78, 5) is 25.1. The van der Waals surface area contributed by atoms with E-state index in [4.69, 9.17) is 14.2 Å². The number of benzene rings is 1. The molecule has 0 aliphatic rings. The Morgan fingerprint density at radius 2 is 1.59 bits per heavy atom. The molecule has 2 aromatic heterocycles. The highest BCUT2D eigenvalue weighted by atomic mass is 16.5. The fourth-order valence-corrected chi connectivity index (χ4v) is 3.47. The van der Waals surface area contributed by atoms with Crippen molar-refractivity contribution in [2.75, 3.05) is 26.4 Å². The second-order valence-electron chi connectivity index (χ2n) is 7.45. The molecule has 34 heavy (non-hydrogen) atoms. The summed E-state index contributed by atoms with van der Waals surface area (Å²) in [6.07, 6.45) is 0. The first-order chi connectivity index (χ1) is 16.4. The van der Waals surface area contributed by atoms with Crippen LogP contribution in [-0.4, -0.2) is 51.8 Å². The van der Waals surface area contributed by atoms with Gasteiger partial charge in [0.25, 0.3) is 11.5 Å². The summed E-state index contributed by atoms with van der Waals surface area (Å²) in [5.74, 6) is 1.56. The zero-order valence-electron chi connectivity index (χ0n) is 20.3. The number of nitrogens with zero attached hydrogens (tertiary/aromatic N) is 4. The van der Waals surface area contributed by atoms with Gasteiger partial charge in [0.15, 0.2) is 17.3 Å². The van der Waals surface area contributed by atoms with Gasteiger partial charge in [0.2, 0.25) is 5.75 Å². The van der Waals surface area contributed by atoms with Crippen LogP contribution in [0.4, 0.5) is 0 Å². The van der Waals surface area contributed by atoms with Crippen molar-refractivity contribution in [2.45, 2.75) is 41.2 Å². The number of hydrogen-bond donors (Lipinski definition) is 1. The molecule has 1 aromatic carbocycles. The maximum Gasteiger partial charge on any atom is 0.266 e. The van der Waals surface area contributed by atoms with Gasteiger partial charge in [-0.25, -0.2) is 9.36 Å². The van der Waals surface area contributed by atoms with Gasteiger partial charge in [-0.2, -0.15) is 5.10 Å². The third-order valence-electron chi connectivity index (χ3n) is 4.86. The molecule has 0 bridgehead atoms. The lowest BCUT2D eigenvalue weighted by Crippen LogP contribution is -2.32.